The number of rotatable bonds is 3. The number of aryl methyl sites for hydroxylation is 1. The van der Waals surface area contributed by atoms with Crippen LogP contribution in [-0.2, 0) is 10.0 Å². The lowest BCUT2D eigenvalue weighted by Gasteiger charge is -2.05. The first-order valence-electron chi connectivity index (χ1n) is 4.40. The molecule has 0 radical (unpaired) electrons. The lowest BCUT2D eigenvalue weighted by atomic mass is 10.2. The average molecular weight is 316 g/mol. The van der Waals surface area contributed by atoms with Crippen LogP contribution >= 0.6 is 34.8 Å². The van der Waals surface area contributed by atoms with Gasteiger partial charge < -0.3 is 0 Å². The minimum absolute atomic E-state index is 0.0876. The van der Waals surface area contributed by atoms with Crippen LogP contribution in [-0.4, -0.2) is 18.4 Å². The average Bonchev–Trinajstić information content (AvgIpc) is 2.15. The summed E-state index contributed by atoms with van der Waals surface area (Å²) in [6.45, 7) is 1.85. The smallest absolute Gasteiger partial charge is 0.200 e. The highest BCUT2D eigenvalue weighted by Crippen LogP contribution is 2.22. The molecule has 17 heavy (non-hydrogen) atoms. The predicted molar refractivity (Wildman–Crippen MR) is 70.3 cm³/mol. The quantitative estimate of drug-likeness (QED) is 0.529. The molecule has 0 heterocycles. The number of nitrogens with zero attached hydrogens (tertiary/aromatic N) is 1. The monoisotopic (exact) mass is 314 g/mol. The number of hydrogen-bond acceptors (Lipinski definition) is 3. The molecule has 0 fully saturated rings. The van der Waals surface area contributed by atoms with Crippen LogP contribution in [0.5, 0.6) is 0 Å². The van der Waals surface area contributed by atoms with E-state index in [1.54, 1.807) is 12.1 Å². The van der Waals surface area contributed by atoms with Gasteiger partial charge in [0.15, 0.2) is 0 Å². The zero-order valence-electron chi connectivity index (χ0n) is 8.69. The van der Waals surface area contributed by atoms with Crippen molar-refractivity contribution in [2.45, 2.75) is 15.6 Å². The Bertz CT molecular complexity index is 506. The number of hydrazone groups is 1. The van der Waals surface area contributed by atoms with Crippen molar-refractivity contribution in [3.05, 3.63) is 29.8 Å². The highest BCUT2D eigenvalue weighted by molar-refractivity contribution is 7.89. The second kappa shape index (κ2) is 5.44. The molecule has 0 saturated heterocycles. The number of hydrogen-bond donors (Lipinski definition) is 1. The lowest BCUT2D eigenvalue weighted by Crippen LogP contribution is -2.20. The van der Waals surface area contributed by atoms with Gasteiger partial charge in [-0.1, -0.05) is 52.5 Å². The molecule has 0 unspecified atom stereocenters. The molecule has 8 heteroatoms. The Hall–Kier alpha value is -0.490. The number of nitrogens with one attached hydrogen (secondary N) is 1. The number of alkyl halides is 3. The van der Waals surface area contributed by atoms with Crippen molar-refractivity contribution in [2.75, 3.05) is 0 Å². The number of sulfonamides is 1. The van der Waals surface area contributed by atoms with Crippen LogP contribution in [0, 0.1) is 6.92 Å². The summed E-state index contributed by atoms with van der Waals surface area (Å²) in [7, 11) is -3.72. The van der Waals surface area contributed by atoms with E-state index in [2.05, 4.69) is 5.10 Å². The Kier molecular flexibility index (Phi) is 4.66. The third-order valence-electron chi connectivity index (χ3n) is 1.72. The molecular weight excluding hydrogens is 307 g/mol. The normalized spacial score (nSPS) is 12.9. The maximum Gasteiger partial charge on any atom is 0.276 e. The molecule has 0 atom stereocenters. The van der Waals surface area contributed by atoms with Crippen LogP contribution in [0.25, 0.3) is 0 Å². The van der Waals surface area contributed by atoms with Crippen LogP contribution < -0.4 is 4.83 Å². The van der Waals surface area contributed by atoms with Gasteiger partial charge in [0.2, 0.25) is 3.79 Å². The molecular formula is C9H9Cl3N2O2S. The Morgan fingerprint density at radius 2 is 1.76 bits per heavy atom. The Balaban J connectivity index is 2.83. The topological polar surface area (TPSA) is 58.5 Å². The van der Waals surface area contributed by atoms with Crippen molar-refractivity contribution in [1.29, 1.82) is 0 Å². The summed E-state index contributed by atoms with van der Waals surface area (Å²) in [6.07, 6.45) is 0.864. The molecule has 0 aliphatic heterocycles. The van der Waals surface area contributed by atoms with E-state index in [9.17, 15) is 8.42 Å². The predicted octanol–water partition coefficient (Wildman–Crippen LogP) is 2.63. The second-order valence-electron chi connectivity index (χ2n) is 3.21. The van der Waals surface area contributed by atoms with E-state index in [0.717, 1.165) is 11.8 Å². The van der Waals surface area contributed by atoms with Gasteiger partial charge in [0, 0.05) is 0 Å². The van der Waals surface area contributed by atoms with E-state index >= 15 is 0 Å². The Morgan fingerprint density at radius 1 is 1.24 bits per heavy atom. The van der Waals surface area contributed by atoms with E-state index in [1.807, 2.05) is 11.8 Å². The SMILES string of the molecule is Cc1ccc(S(=O)(=O)NN=CC(Cl)(Cl)Cl)cc1. The molecule has 0 spiro atoms. The van der Waals surface area contributed by atoms with E-state index < -0.39 is 13.8 Å². The van der Waals surface area contributed by atoms with Crippen molar-refractivity contribution in [2.24, 2.45) is 5.10 Å². The summed E-state index contributed by atoms with van der Waals surface area (Å²) < 4.78 is 21.6. The van der Waals surface area contributed by atoms with Crippen LogP contribution in [0.2, 0.25) is 0 Å². The van der Waals surface area contributed by atoms with Crippen molar-refractivity contribution in [1.82, 2.24) is 4.83 Å². The molecule has 0 saturated carbocycles. The van der Waals surface area contributed by atoms with Crippen molar-refractivity contribution in [3.8, 4) is 0 Å². The minimum atomic E-state index is -3.72. The molecule has 0 bridgehead atoms. The lowest BCUT2D eigenvalue weighted by molar-refractivity contribution is 0.584. The molecule has 0 aromatic heterocycles. The first kappa shape index (κ1) is 14.6. The van der Waals surface area contributed by atoms with Crippen LogP contribution in [0.15, 0.2) is 34.3 Å². The first-order valence-corrected chi connectivity index (χ1v) is 7.02. The zero-order chi connectivity index (χ0) is 13.1. The van der Waals surface area contributed by atoms with Gasteiger partial charge in [-0.25, -0.2) is 4.83 Å². The molecule has 94 valence electrons. The zero-order valence-corrected chi connectivity index (χ0v) is 11.8. The summed E-state index contributed by atoms with van der Waals surface area (Å²) in [5.74, 6) is 0. The number of benzene rings is 1. The fourth-order valence-corrected chi connectivity index (χ4v) is 1.88. The fraction of sp³-hybridized carbons (Fsp3) is 0.222. The number of halogens is 3. The highest BCUT2D eigenvalue weighted by atomic mass is 35.6. The molecule has 1 N–H and O–H groups in total. The van der Waals surface area contributed by atoms with Crippen LogP contribution in [0.4, 0.5) is 0 Å². The van der Waals surface area contributed by atoms with Gasteiger partial charge in [0.1, 0.15) is 0 Å². The van der Waals surface area contributed by atoms with Crippen LogP contribution in [0.1, 0.15) is 5.56 Å². The summed E-state index contributed by atoms with van der Waals surface area (Å²) in [4.78, 5) is 2.03. The maximum absolute atomic E-state index is 11.7. The molecule has 1 aromatic carbocycles. The standard InChI is InChI=1S/C9H9Cl3N2O2S/c1-7-2-4-8(5-3-7)17(15,16)14-13-6-9(10,11)12/h2-6,14H,1H3. The molecule has 4 nitrogen and oxygen atoms in total. The van der Waals surface area contributed by atoms with Gasteiger partial charge in [-0.15, -0.1) is 0 Å². The van der Waals surface area contributed by atoms with E-state index in [-0.39, 0.29) is 4.90 Å². The van der Waals surface area contributed by atoms with Crippen molar-refractivity contribution < 1.29 is 8.42 Å². The molecule has 0 aliphatic rings. The maximum atomic E-state index is 11.7. The molecule has 1 rings (SSSR count). The van der Waals surface area contributed by atoms with E-state index in [4.69, 9.17) is 34.8 Å². The minimum Gasteiger partial charge on any atom is -0.200 e. The summed E-state index contributed by atoms with van der Waals surface area (Å²) in [6, 6.07) is 6.27. The van der Waals surface area contributed by atoms with E-state index in [1.165, 1.54) is 12.1 Å². The highest BCUT2D eigenvalue weighted by Gasteiger charge is 2.17. The van der Waals surface area contributed by atoms with Crippen molar-refractivity contribution >= 4 is 51.0 Å². The van der Waals surface area contributed by atoms with Gasteiger partial charge in [-0.2, -0.15) is 13.5 Å². The summed E-state index contributed by atoms with van der Waals surface area (Å²) in [5, 5.41) is 3.35. The third kappa shape index (κ3) is 5.12. The van der Waals surface area contributed by atoms with Gasteiger partial charge in [0.25, 0.3) is 10.0 Å². The summed E-state index contributed by atoms with van der Waals surface area (Å²) >= 11 is 16.1. The molecule has 0 aliphatic carbocycles. The fourth-order valence-electron chi connectivity index (χ4n) is 0.939. The molecule has 0 amide bonds. The Morgan fingerprint density at radius 3 is 2.24 bits per heavy atom. The van der Waals surface area contributed by atoms with Crippen LogP contribution in [0.3, 0.4) is 0 Å². The third-order valence-corrected chi connectivity index (χ3v) is 3.25. The first-order chi connectivity index (χ1) is 7.71. The van der Waals surface area contributed by atoms with Gasteiger partial charge >= 0.3 is 0 Å². The largest absolute Gasteiger partial charge is 0.276 e. The summed E-state index contributed by atoms with van der Waals surface area (Å²) in [5.41, 5.74) is 0.953. The van der Waals surface area contributed by atoms with Gasteiger partial charge in [-0.05, 0) is 19.1 Å². The molecule has 1 aromatic rings. The van der Waals surface area contributed by atoms with E-state index in [0.29, 0.717) is 0 Å². The van der Waals surface area contributed by atoms with Gasteiger partial charge in [-0.3, -0.25) is 0 Å². The second-order valence-corrected chi connectivity index (χ2v) is 7.24. The van der Waals surface area contributed by atoms with Gasteiger partial charge in [0.05, 0.1) is 11.1 Å². The van der Waals surface area contributed by atoms with Crippen molar-refractivity contribution in [3.63, 3.8) is 0 Å². The Labute approximate surface area is 115 Å².